The summed E-state index contributed by atoms with van der Waals surface area (Å²) in [5.41, 5.74) is 1.35. The van der Waals surface area contributed by atoms with Crippen molar-refractivity contribution >= 4 is 40.1 Å². The van der Waals surface area contributed by atoms with Crippen molar-refractivity contribution in [1.82, 2.24) is 10.2 Å². The van der Waals surface area contributed by atoms with Gasteiger partial charge in [0, 0.05) is 11.6 Å². The second-order valence-electron chi connectivity index (χ2n) is 4.77. The van der Waals surface area contributed by atoms with Gasteiger partial charge in [0.05, 0.1) is 5.02 Å². The number of amides is 1. The smallest absolute Gasteiger partial charge is 0.250 e. The van der Waals surface area contributed by atoms with Gasteiger partial charge in [-0.1, -0.05) is 53.3 Å². The maximum Gasteiger partial charge on any atom is 0.250 e. The summed E-state index contributed by atoms with van der Waals surface area (Å²) >= 11 is 7.33. The fourth-order valence-electron chi connectivity index (χ4n) is 1.95. The van der Waals surface area contributed by atoms with Gasteiger partial charge >= 0.3 is 0 Å². The lowest BCUT2D eigenvalue weighted by atomic mass is 10.2. The number of nitrogens with one attached hydrogen (secondary N) is 1. The van der Waals surface area contributed by atoms with Gasteiger partial charge in [0.15, 0.2) is 5.01 Å². The van der Waals surface area contributed by atoms with E-state index in [0.717, 1.165) is 5.56 Å². The highest BCUT2D eigenvalue weighted by Gasteiger charge is 2.10. The predicted octanol–water partition coefficient (Wildman–Crippen LogP) is 4.65. The molecule has 0 aliphatic rings. The third-order valence-corrected chi connectivity index (χ3v) is 4.24. The summed E-state index contributed by atoms with van der Waals surface area (Å²) < 4.78 is 13.1. The number of carbonyl (C=O) groups is 1. The summed E-state index contributed by atoms with van der Waals surface area (Å²) in [6.07, 6.45) is 2.83. The number of halogens is 2. The lowest BCUT2D eigenvalue weighted by Crippen LogP contribution is -2.07. The number of nitrogens with zero attached hydrogens (tertiary/aromatic N) is 2. The van der Waals surface area contributed by atoms with Crippen LogP contribution in [0.15, 0.2) is 54.6 Å². The van der Waals surface area contributed by atoms with Crippen LogP contribution in [0.1, 0.15) is 5.56 Å². The van der Waals surface area contributed by atoms with Gasteiger partial charge in [-0.25, -0.2) is 4.39 Å². The summed E-state index contributed by atoms with van der Waals surface area (Å²) in [5, 5.41) is 12.1. The molecule has 3 aromatic rings. The minimum absolute atomic E-state index is 0.355. The second-order valence-corrected chi connectivity index (χ2v) is 6.15. The summed E-state index contributed by atoms with van der Waals surface area (Å²) in [7, 11) is 0. The Morgan fingerprint density at radius 2 is 2.00 bits per heavy atom. The molecule has 1 heterocycles. The Hall–Kier alpha value is -2.57. The molecule has 0 radical (unpaired) electrons. The Morgan fingerprint density at radius 1 is 1.17 bits per heavy atom. The van der Waals surface area contributed by atoms with Gasteiger partial charge in [-0.05, 0) is 29.8 Å². The molecule has 1 amide bonds. The van der Waals surface area contributed by atoms with Crippen molar-refractivity contribution in [2.75, 3.05) is 5.32 Å². The van der Waals surface area contributed by atoms with E-state index in [2.05, 4.69) is 15.5 Å². The molecule has 24 heavy (non-hydrogen) atoms. The third kappa shape index (κ3) is 4.04. The van der Waals surface area contributed by atoms with Crippen LogP contribution in [0, 0.1) is 5.82 Å². The van der Waals surface area contributed by atoms with Gasteiger partial charge in [0.1, 0.15) is 5.82 Å². The van der Waals surface area contributed by atoms with E-state index in [1.54, 1.807) is 18.2 Å². The summed E-state index contributed by atoms with van der Waals surface area (Å²) in [5.74, 6) is -0.729. The number of aromatic nitrogens is 2. The molecule has 1 aromatic heterocycles. The average molecular weight is 360 g/mol. The highest BCUT2D eigenvalue weighted by molar-refractivity contribution is 7.18. The molecule has 4 nitrogen and oxygen atoms in total. The van der Waals surface area contributed by atoms with Gasteiger partial charge in [-0.15, -0.1) is 10.2 Å². The average Bonchev–Trinajstić information content (AvgIpc) is 3.02. The Morgan fingerprint density at radius 3 is 2.79 bits per heavy atom. The molecule has 1 N–H and O–H groups in total. The van der Waals surface area contributed by atoms with E-state index in [9.17, 15) is 9.18 Å². The zero-order chi connectivity index (χ0) is 16.9. The van der Waals surface area contributed by atoms with Gasteiger partial charge in [0.2, 0.25) is 11.0 Å². The molecule has 0 bridgehead atoms. The zero-order valence-corrected chi connectivity index (χ0v) is 13.8. The first-order chi connectivity index (χ1) is 11.6. The monoisotopic (exact) mass is 359 g/mol. The summed E-state index contributed by atoms with van der Waals surface area (Å²) in [4.78, 5) is 11.9. The molecule has 0 fully saturated rings. The Bertz CT molecular complexity index is 910. The molecule has 0 atom stereocenters. The van der Waals surface area contributed by atoms with E-state index in [-0.39, 0.29) is 11.7 Å². The largest absolute Gasteiger partial charge is 0.297 e. The van der Waals surface area contributed by atoms with Crippen LogP contribution in [0.4, 0.5) is 9.52 Å². The second kappa shape index (κ2) is 7.33. The van der Waals surface area contributed by atoms with Gasteiger partial charge in [0.25, 0.3) is 0 Å². The molecule has 0 unspecified atom stereocenters. The van der Waals surface area contributed by atoms with Crippen molar-refractivity contribution in [2.45, 2.75) is 0 Å². The van der Waals surface area contributed by atoms with E-state index >= 15 is 0 Å². The van der Waals surface area contributed by atoms with Crippen LogP contribution in [0.5, 0.6) is 0 Å². The quantitative estimate of drug-likeness (QED) is 0.690. The molecular weight excluding hydrogens is 349 g/mol. The van der Waals surface area contributed by atoms with E-state index < -0.39 is 0 Å². The third-order valence-electron chi connectivity index (χ3n) is 3.04. The van der Waals surface area contributed by atoms with Crippen LogP contribution in [-0.4, -0.2) is 16.1 Å². The van der Waals surface area contributed by atoms with Crippen LogP contribution in [0.3, 0.4) is 0 Å². The van der Waals surface area contributed by atoms with Crippen LogP contribution < -0.4 is 5.32 Å². The molecule has 0 aliphatic heterocycles. The van der Waals surface area contributed by atoms with Crippen molar-refractivity contribution in [3.63, 3.8) is 0 Å². The van der Waals surface area contributed by atoms with E-state index in [1.165, 1.54) is 35.6 Å². The maximum atomic E-state index is 13.1. The molecule has 3 rings (SSSR count). The first-order valence-corrected chi connectivity index (χ1v) is 8.14. The molecule has 0 spiro atoms. The first kappa shape index (κ1) is 16.3. The van der Waals surface area contributed by atoms with Gasteiger partial charge < -0.3 is 0 Å². The Balaban J connectivity index is 1.68. The highest BCUT2D eigenvalue weighted by atomic mass is 35.5. The minimum atomic E-state index is -0.374. The van der Waals surface area contributed by atoms with Crippen molar-refractivity contribution in [3.8, 4) is 10.6 Å². The fourth-order valence-corrected chi connectivity index (χ4v) is 3.01. The number of benzene rings is 2. The topological polar surface area (TPSA) is 54.9 Å². The number of anilines is 1. The van der Waals surface area contributed by atoms with Crippen molar-refractivity contribution in [2.24, 2.45) is 0 Å². The normalized spacial score (nSPS) is 10.9. The molecule has 0 aliphatic carbocycles. The molecule has 0 saturated heterocycles. The minimum Gasteiger partial charge on any atom is -0.297 e. The van der Waals surface area contributed by atoms with Crippen molar-refractivity contribution in [3.05, 3.63) is 71.0 Å². The molecule has 7 heteroatoms. The Labute approximate surface area is 146 Å². The zero-order valence-electron chi connectivity index (χ0n) is 12.2. The van der Waals surface area contributed by atoms with E-state index in [4.69, 9.17) is 11.6 Å². The Kier molecular flexibility index (Phi) is 4.98. The van der Waals surface area contributed by atoms with E-state index in [1.807, 2.05) is 18.2 Å². The molecule has 0 saturated carbocycles. The molecular formula is C17H11ClFN3OS. The van der Waals surface area contributed by atoms with Crippen LogP contribution >= 0.6 is 22.9 Å². The number of hydrogen-bond donors (Lipinski definition) is 1. The number of rotatable bonds is 4. The SMILES string of the molecule is O=C(C=Cc1cccc(F)c1)Nc1nnc(-c2ccccc2Cl)s1. The maximum absolute atomic E-state index is 13.1. The van der Waals surface area contributed by atoms with Crippen LogP contribution in [-0.2, 0) is 4.79 Å². The van der Waals surface area contributed by atoms with Gasteiger partial charge in [-0.2, -0.15) is 0 Å². The fraction of sp³-hybridized carbons (Fsp3) is 0. The summed E-state index contributed by atoms with van der Waals surface area (Å²) in [6.45, 7) is 0. The van der Waals surface area contributed by atoms with Gasteiger partial charge in [-0.3, -0.25) is 10.1 Å². The number of carbonyl (C=O) groups excluding carboxylic acids is 1. The lowest BCUT2D eigenvalue weighted by molar-refractivity contribution is -0.111. The van der Waals surface area contributed by atoms with Crippen LogP contribution in [0.25, 0.3) is 16.6 Å². The predicted molar refractivity (Wildman–Crippen MR) is 94.4 cm³/mol. The molecule has 2 aromatic carbocycles. The summed E-state index contributed by atoms with van der Waals surface area (Å²) in [6, 6.07) is 13.2. The van der Waals surface area contributed by atoms with Crippen LogP contribution in [0.2, 0.25) is 5.02 Å². The highest BCUT2D eigenvalue weighted by Crippen LogP contribution is 2.31. The van der Waals surface area contributed by atoms with E-state index in [0.29, 0.717) is 20.7 Å². The van der Waals surface area contributed by atoms with Crippen molar-refractivity contribution < 1.29 is 9.18 Å². The standard InChI is InChI=1S/C17H11ClFN3OS/c18-14-7-2-1-6-13(14)16-21-22-17(24-16)20-15(23)9-8-11-4-3-5-12(19)10-11/h1-10H,(H,20,22,23). The first-order valence-electron chi connectivity index (χ1n) is 6.95. The lowest BCUT2D eigenvalue weighted by Gasteiger charge is -1.97. The number of hydrogen-bond acceptors (Lipinski definition) is 4. The molecule has 120 valence electrons. The van der Waals surface area contributed by atoms with Crippen molar-refractivity contribution in [1.29, 1.82) is 0 Å².